The fourth-order valence-electron chi connectivity index (χ4n) is 5.57. The number of carbonyl (C=O) groups excluding carboxylic acids is 2. The van der Waals surface area contributed by atoms with E-state index in [1.807, 2.05) is 0 Å². The molecule has 2 aliphatic carbocycles. The zero-order valence-corrected chi connectivity index (χ0v) is 23.8. The van der Waals surface area contributed by atoms with E-state index in [1.54, 1.807) is 18.5 Å². The van der Waals surface area contributed by atoms with E-state index < -0.39 is 80.2 Å². The Morgan fingerprint density at radius 2 is 1.56 bits per heavy atom. The van der Waals surface area contributed by atoms with Crippen molar-refractivity contribution in [3.63, 3.8) is 0 Å². The predicted molar refractivity (Wildman–Crippen MR) is 143 cm³/mol. The maximum atomic E-state index is 14.0. The van der Waals surface area contributed by atoms with Gasteiger partial charge in [0.25, 0.3) is 5.91 Å². The van der Waals surface area contributed by atoms with Crippen LogP contribution in [0.4, 0.5) is 35.1 Å². The number of carbonyl (C=O) groups is 2. The summed E-state index contributed by atoms with van der Waals surface area (Å²) in [6, 6.07) is 2.34. The number of hydrogen-bond donors (Lipinski definition) is 2. The van der Waals surface area contributed by atoms with E-state index in [1.165, 1.54) is 10.5 Å². The van der Waals surface area contributed by atoms with Crippen LogP contribution in [-0.4, -0.2) is 49.4 Å². The highest BCUT2D eigenvalue weighted by Gasteiger charge is 2.40. The van der Waals surface area contributed by atoms with Crippen molar-refractivity contribution in [2.24, 2.45) is 11.8 Å². The van der Waals surface area contributed by atoms with Crippen LogP contribution in [0.3, 0.4) is 0 Å². The number of rotatable bonds is 10. The molecule has 0 unspecified atom stereocenters. The van der Waals surface area contributed by atoms with Gasteiger partial charge in [0, 0.05) is 43.4 Å². The number of imidazole rings is 1. The van der Waals surface area contributed by atoms with E-state index in [0.29, 0.717) is 5.69 Å². The molecule has 2 saturated carbocycles. The first-order valence-electron chi connectivity index (χ1n) is 14.5. The number of halogens is 8. The maximum Gasteiger partial charge on any atom is 0.394 e. The number of amides is 2. The van der Waals surface area contributed by atoms with Gasteiger partial charge in [-0.25, -0.2) is 18.7 Å². The summed E-state index contributed by atoms with van der Waals surface area (Å²) in [5.74, 6) is -4.69. The number of alkyl halides is 8. The lowest BCUT2D eigenvalue weighted by molar-refractivity contribution is -0.144. The molecule has 3 heterocycles. The van der Waals surface area contributed by atoms with Crippen LogP contribution in [0.1, 0.15) is 90.9 Å². The molecule has 0 bridgehead atoms. The number of pyridine rings is 1. The van der Waals surface area contributed by atoms with Crippen LogP contribution < -0.4 is 10.6 Å². The van der Waals surface area contributed by atoms with Crippen molar-refractivity contribution in [1.82, 2.24) is 30.0 Å². The maximum absolute atomic E-state index is 14.0. The molecule has 3 aromatic rings. The zero-order chi connectivity index (χ0) is 32.6. The molecule has 0 saturated heterocycles. The number of nitrogens with one attached hydrogen (secondary N) is 2. The smallest absolute Gasteiger partial charge is 0.347 e. The monoisotopic (exact) mass is 646 g/mol. The van der Waals surface area contributed by atoms with E-state index in [2.05, 4.69) is 25.6 Å². The molecule has 0 aliphatic heterocycles. The first-order valence-corrected chi connectivity index (χ1v) is 14.5. The van der Waals surface area contributed by atoms with Crippen molar-refractivity contribution in [2.45, 2.75) is 88.1 Å². The van der Waals surface area contributed by atoms with Gasteiger partial charge in [0.05, 0.1) is 42.0 Å². The molecule has 0 spiro atoms. The predicted octanol–water partition coefficient (Wildman–Crippen LogP) is 6.44. The summed E-state index contributed by atoms with van der Waals surface area (Å²) in [5, 5.41) is 5.41. The van der Waals surface area contributed by atoms with Gasteiger partial charge in [-0.2, -0.15) is 26.3 Å². The fraction of sp³-hybridized carbons (Fsp3) is 0.552. The Hall–Kier alpha value is -3.85. The average Bonchev–Trinajstić information content (AvgIpc) is 3.70. The molecule has 45 heavy (non-hydrogen) atoms. The molecule has 0 radical (unpaired) electrons. The van der Waals surface area contributed by atoms with Crippen LogP contribution in [0.25, 0.3) is 5.78 Å². The third-order valence-electron chi connectivity index (χ3n) is 8.03. The molecule has 0 aromatic carbocycles. The topological polar surface area (TPSA) is 101 Å². The molecule has 244 valence electrons. The van der Waals surface area contributed by atoms with Gasteiger partial charge in [0.2, 0.25) is 17.6 Å². The third kappa shape index (κ3) is 8.87. The van der Waals surface area contributed by atoms with Crippen molar-refractivity contribution in [3.8, 4) is 0 Å². The Labute approximate surface area is 252 Å². The summed E-state index contributed by atoms with van der Waals surface area (Å²) in [6.45, 7) is 0. The van der Waals surface area contributed by atoms with Crippen molar-refractivity contribution < 1.29 is 44.7 Å². The van der Waals surface area contributed by atoms with Gasteiger partial charge in [-0.3, -0.25) is 19.0 Å². The van der Waals surface area contributed by atoms with Gasteiger partial charge < -0.3 is 10.6 Å². The van der Waals surface area contributed by atoms with Gasteiger partial charge in [-0.1, -0.05) is 0 Å². The molecule has 2 amide bonds. The first-order chi connectivity index (χ1) is 21.1. The fourth-order valence-corrected chi connectivity index (χ4v) is 5.57. The van der Waals surface area contributed by atoms with E-state index in [-0.39, 0.29) is 41.5 Å². The van der Waals surface area contributed by atoms with Crippen LogP contribution in [-0.2, 0) is 11.2 Å². The summed E-state index contributed by atoms with van der Waals surface area (Å²) in [4.78, 5) is 38.3. The molecule has 5 rings (SSSR count). The Kier molecular flexibility index (Phi) is 9.04. The first kappa shape index (κ1) is 32.5. The van der Waals surface area contributed by atoms with Gasteiger partial charge in [-0.05, 0) is 55.7 Å². The highest BCUT2D eigenvalue weighted by molar-refractivity contribution is 5.94. The number of nitrogens with zero attached hydrogens (tertiary/aromatic N) is 4. The summed E-state index contributed by atoms with van der Waals surface area (Å²) >= 11 is 0. The number of hydrogen-bond acceptors (Lipinski definition) is 5. The minimum atomic E-state index is -4.54. The van der Waals surface area contributed by atoms with E-state index in [4.69, 9.17) is 0 Å². The SMILES string of the molecule is O=C(CCC(F)(F)F)N[C@@H](c1ccn2cc([C@@H](NC(=O)c3ccnc(CC(F)(F)F)c3)C3CCC(F)(F)CC3)nc2n1)C1CC1. The standard InChI is InChI=1S/C29H30F8N6O2/c30-27(31)8-3-17(4-9-27)24(42-25(45)18-6-11-38-19(13-18)14-29(35,36)37)21-15-43-12-7-20(39-26(43)40-21)23(16-1-2-16)41-22(44)5-10-28(32,33)34/h6-7,11-13,15-17,23-24H,1-5,8-10,14H2,(H,41,44)(H,42,45)/t23-,24+/m1/s1. The molecular weight excluding hydrogens is 616 g/mol. The molecule has 2 atom stereocenters. The van der Waals surface area contributed by atoms with Crippen LogP contribution >= 0.6 is 0 Å². The summed E-state index contributed by atoms with van der Waals surface area (Å²) in [7, 11) is 0. The second kappa shape index (κ2) is 12.5. The van der Waals surface area contributed by atoms with Gasteiger partial charge in [0.15, 0.2) is 0 Å². The highest BCUT2D eigenvalue weighted by Crippen LogP contribution is 2.42. The van der Waals surface area contributed by atoms with Crippen molar-refractivity contribution >= 4 is 17.6 Å². The molecule has 3 aromatic heterocycles. The largest absolute Gasteiger partial charge is 0.394 e. The Bertz CT molecular complexity index is 1520. The van der Waals surface area contributed by atoms with Crippen molar-refractivity contribution in [3.05, 3.63) is 59.4 Å². The average molecular weight is 647 g/mol. The minimum absolute atomic E-state index is 0.0113. The Balaban J connectivity index is 1.39. The zero-order valence-electron chi connectivity index (χ0n) is 23.8. The molecule has 2 N–H and O–H groups in total. The van der Waals surface area contributed by atoms with Gasteiger partial charge in [-0.15, -0.1) is 0 Å². The summed E-state index contributed by atoms with van der Waals surface area (Å²) in [6.07, 6.45) is -7.33. The Morgan fingerprint density at radius 1 is 0.911 bits per heavy atom. The molecule has 2 fully saturated rings. The van der Waals surface area contributed by atoms with E-state index >= 15 is 0 Å². The van der Waals surface area contributed by atoms with Crippen LogP contribution in [0.5, 0.6) is 0 Å². The summed E-state index contributed by atoms with van der Waals surface area (Å²) in [5.41, 5.74) is 0.219. The van der Waals surface area contributed by atoms with Gasteiger partial charge >= 0.3 is 12.4 Å². The highest BCUT2D eigenvalue weighted by atomic mass is 19.4. The number of fused-ring (bicyclic) bond motifs is 1. The van der Waals surface area contributed by atoms with Gasteiger partial charge in [0.1, 0.15) is 0 Å². The van der Waals surface area contributed by atoms with Crippen molar-refractivity contribution in [1.29, 1.82) is 0 Å². The van der Waals surface area contributed by atoms with Crippen LogP contribution in [0.15, 0.2) is 36.8 Å². The molecule has 2 aliphatic rings. The van der Waals surface area contributed by atoms with Crippen molar-refractivity contribution in [2.75, 3.05) is 0 Å². The molecule has 8 nitrogen and oxygen atoms in total. The van der Waals surface area contributed by atoms with Crippen LogP contribution in [0.2, 0.25) is 0 Å². The lowest BCUT2D eigenvalue weighted by Gasteiger charge is -2.33. The van der Waals surface area contributed by atoms with E-state index in [9.17, 15) is 44.7 Å². The molecule has 16 heteroatoms. The lowest BCUT2D eigenvalue weighted by atomic mass is 9.81. The number of aromatic nitrogens is 4. The summed E-state index contributed by atoms with van der Waals surface area (Å²) < 4.78 is 106. The quantitative estimate of drug-likeness (QED) is 0.247. The lowest BCUT2D eigenvalue weighted by Crippen LogP contribution is -2.37. The Morgan fingerprint density at radius 3 is 2.20 bits per heavy atom. The third-order valence-corrected chi connectivity index (χ3v) is 8.03. The second-order valence-corrected chi connectivity index (χ2v) is 11.7. The minimum Gasteiger partial charge on any atom is -0.347 e. The van der Waals surface area contributed by atoms with E-state index in [0.717, 1.165) is 25.1 Å². The second-order valence-electron chi connectivity index (χ2n) is 11.7. The van der Waals surface area contributed by atoms with Crippen LogP contribution in [0, 0.1) is 11.8 Å². The molecular formula is C29H30F8N6O2. The normalized spacial score (nSPS) is 18.8.